The number of hydrogen-bond acceptors (Lipinski definition) is 4. The highest BCUT2D eigenvalue weighted by Gasteiger charge is 2.27. The Bertz CT molecular complexity index is 1090. The van der Waals surface area contributed by atoms with E-state index in [9.17, 15) is 9.18 Å². The number of carbonyl (C=O) groups excluding carboxylic acids is 1. The minimum absolute atomic E-state index is 0.187. The van der Waals surface area contributed by atoms with Gasteiger partial charge >= 0.3 is 0 Å². The number of nitrogens with zero attached hydrogens (tertiary/aromatic N) is 3. The highest BCUT2D eigenvalue weighted by molar-refractivity contribution is 5.81. The molecule has 29 heavy (non-hydrogen) atoms. The highest BCUT2D eigenvalue weighted by Crippen LogP contribution is 2.39. The predicted molar refractivity (Wildman–Crippen MR) is 106 cm³/mol. The van der Waals surface area contributed by atoms with Gasteiger partial charge in [-0.3, -0.25) is 4.79 Å². The SMILES string of the molecule is CCC(=O)N1CCC(n2c(-c3ccc4c(c3)OCO4)nc3cc(F)ccc32)CC1. The Hall–Kier alpha value is -3.09. The summed E-state index contributed by atoms with van der Waals surface area (Å²) < 4.78 is 27.0. The van der Waals surface area contributed by atoms with E-state index in [0.29, 0.717) is 23.4 Å². The van der Waals surface area contributed by atoms with Crippen LogP contribution in [0.1, 0.15) is 32.2 Å². The van der Waals surface area contributed by atoms with Gasteiger partial charge < -0.3 is 18.9 Å². The van der Waals surface area contributed by atoms with Gasteiger partial charge in [0, 0.05) is 37.2 Å². The monoisotopic (exact) mass is 395 g/mol. The molecule has 1 aromatic heterocycles. The van der Waals surface area contributed by atoms with Gasteiger partial charge in [-0.1, -0.05) is 6.92 Å². The topological polar surface area (TPSA) is 56.6 Å². The first-order valence-corrected chi connectivity index (χ1v) is 9.99. The van der Waals surface area contributed by atoms with Crippen molar-refractivity contribution in [2.45, 2.75) is 32.2 Å². The summed E-state index contributed by atoms with van der Waals surface area (Å²) in [5.41, 5.74) is 2.43. The van der Waals surface area contributed by atoms with Crippen LogP contribution >= 0.6 is 0 Å². The molecule has 0 N–H and O–H groups in total. The zero-order chi connectivity index (χ0) is 20.0. The average molecular weight is 395 g/mol. The van der Waals surface area contributed by atoms with Crippen LogP contribution in [0.3, 0.4) is 0 Å². The van der Waals surface area contributed by atoms with E-state index in [1.165, 1.54) is 12.1 Å². The minimum atomic E-state index is -0.303. The lowest BCUT2D eigenvalue weighted by Gasteiger charge is -2.33. The second-order valence-corrected chi connectivity index (χ2v) is 7.47. The Labute approximate surface area is 167 Å². The number of amides is 1. The summed E-state index contributed by atoms with van der Waals surface area (Å²) in [5, 5.41) is 0. The summed E-state index contributed by atoms with van der Waals surface area (Å²) in [7, 11) is 0. The maximum Gasteiger partial charge on any atom is 0.231 e. The summed E-state index contributed by atoms with van der Waals surface area (Å²) in [6.45, 7) is 3.55. The standard InChI is InChI=1S/C22H22FN3O3/c1-2-21(27)25-9-7-16(8-10-25)26-18-5-4-15(23)12-17(18)24-22(26)14-3-6-19-20(11-14)29-13-28-19/h3-6,11-12,16H,2,7-10,13H2,1H3. The molecule has 0 aliphatic carbocycles. The fourth-order valence-corrected chi connectivity index (χ4v) is 4.28. The second kappa shape index (κ2) is 7.06. The number of aromatic nitrogens is 2. The van der Waals surface area contributed by atoms with Crippen molar-refractivity contribution in [1.82, 2.24) is 14.5 Å². The molecule has 2 aliphatic heterocycles. The third-order valence-electron chi connectivity index (χ3n) is 5.77. The second-order valence-electron chi connectivity index (χ2n) is 7.47. The van der Waals surface area contributed by atoms with Gasteiger partial charge in [0.1, 0.15) is 11.6 Å². The van der Waals surface area contributed by atoms with Gasteiger partial charge in [-0.2, -0.15) is 0 Å². The molecular formula is C22H22FN3O3. The lowest BCUT2D eigenvalue weighted by molar-refractivity contribution is -0.132. The van der Waals surface area contributed by atoms with Gasteiger partial charge in [-0.15, -0.1) is 0 Å². The molecule has 0 unspecified atom stereocenters. The van der Waals surface area contributed by atoms with Crippen LogP contribution in [0, 0.1) is 5.82 Å². The zero-order valence-electron chi connectivity index (χ0n) is 16.2. The molecule has 3 heterocycles. The molecule has 2 aliphatic rings. The molecule has 0 spiro atoms. The Morgan fingerprint density at radius 3 is 2.72 bits per heavy atom. The van der Waals surface area contributed by atoms with E-state index < -0.39 is 0 Å². The molecular weight excluding hydrogens is 373 g/mol. The quantitative estimate of drug-likeness (QED) is 0.669. The van der Waals surface area contributed by atoms with Gasteiger partial charge in [0.05, 0.1) is 11.0 Å². The molecule has 3 aromatic rings. The summed E-state index contributed by atoms with van der Waals surface area (Å²) in [6, 6.07) is 10.7. The largest absolute Gasteiger partial charge is 0.454 e. The summed E-state index contributed by atoms with van der Waals surface area (Å²) >= 11 is 0. The van der Waals surface area contributed by atoms with Crippen LogP contribution in [0.15, 0.2) is 36.4 Å². The number of halogens is 1. The van der Waals surface area contributed by atoms with Gasteiger partial charge in [0.25, 0.3) is 0 Å². The number of ether oxygens (including phenoxy) is 2. The minimum Gasteiger partial charge on any atom is -0.454 e. The van der Waals surface area contributed by atoms with Crippen LogP contribution < -0.4 is 9.47 Å². The molecule has 0 saturated carbocycles. The maximum absolute atomic E-state index is 13.9. The molecule has 5 rings (SSSR count). The van der Waals surface area contributed by atoms with E-state index >= 15 is 0 Å². The summed E-state index contributed by atoms with van der Waals surface area (Å²) in [6.07, 6.45) is 2.21. The van der Waals surface area contributed by atoms with E-state index in [-0.39, 0.29) is 24.6 Å². The molecule has 0 radical (unpaired) electrons. The Kier molecular flexibility index (Phi) is 4.38. The third-order valence-corrected chi connectivity index (χ3v) is 5.77. The van der Waals surface area contributed by atoms with Crippen LogP contribution in [0.5, 0.6) is 11.5 Å². The number of likely N-dealkylation sites (tertiary alicyclic amines) is 1. The fraction of sp³-hybridized carbons (Fsp3) is 0.364. The number of rotatable bonds is 3. The van der Waals surface area contributed by atoms with Crippen molar-refractivity contribution in [1.29, 1.82) is 0 Å². The van der Waals surface area contributed by atoms with Gasteiger partial charge in [0.15, 0.2) is 11.5 Å². The smallest absolute Gasteiger partial charge is 0.231 e. The maximum atomic E-state index is 13.9. The van der Waals surface area contributed by atoms with Crippen LogP contribution in [0.2, 0.25) is 0 Å². The van der Waals surface area contributed by atoms with E-state index in [4.69, 9.17) is 14.5 Å². The lowest BCUT2D eigenvalue weighted by atomic mass is 10.0. The van der Waals surface area contributed by atoms with Gasteiger partial charge in [0.2, 0.25) is 12.7 Å². The van der Waals surface area contributed by atoms with Gasteiger partial charge in [-0.05, 0) is 43.2 Å². The van der Waals surface area contributed by atoms with E-state index in [0.717, 1.165) is 42.8 Å². The van der Waals surface area contributed by atoms with Crippen LogP contribution in [0.25, 0.3) is 22.4 Å². The van der Waals surface area contributed by atoms with Crippen molar-refractivity contribution in [3.05, 3.63) is 42.2 Å². The van der Waals surface area contributed by atoms with E-state index in [1.54, 1.807) is 6.07 Å². The number of piperidine rings is 1. The molecule has 0 bridgehead atoms. The molecule has 0 atom stereocenters. The first kappa shape index (κ1) is 18.0. The number of carbonyl (C=O) groups is 1. The normalized spacial score (nSPS) is 16.6. The molecule has 2 aromatic carbocycles. The van der Waals surface area contributed by atoms with Crippen molar-refractivity contribution >= 4 is 16.9 Å². The number of imidazole rings is 1. The predicted octanol–water partition coefficient (Wildman–Crippen LogP) is 4.14. The molecule has 150 valence electrons. The third kappa shape index (κ3) is 3.10. The van der Waals surface area contributed by atoms with Gasteiger partial charge in [-0.25, -0.2) is 9.37 Å². The van der Waals surface area contributed by atoms with Crippen molar-refractivity contribution in [2.75, 3.05) is 19.9 Å². The molecule has 7 heteroatoms. The Balaban J connectivity index is 1.57. The molecule has 1 amide bonds. The van der Waals surface area contributed by atoms with Crippen molar-refractivity contribution in [2.24, 2.45) is 0 Å². The Morgan fingerprint density at radius 2 is 1.93 bits per heavy atom. The molecule has 6 nitrogen and oxygen atoms in total. The molecule has 1 saturated heterocycles. The fourth-order valence-electron chi connectivity index (χ4n) is 4.28. The van der Waals surface area contributed by atoms with Crippen LogP contribution in [0.4, 0.5) is 4.39 Å². The number of hydrogen-bond donors (Lipinski definition) is 0. The number of fused-ring (bicyclic) bond motifs is 2. The summed E-state index contributed by atoms with van der Waals surface area (Å²) in [4.78, 5) is 18.7. The Morgan fingerprint density at radius 1 is 1.14 bits per heavy atom. The summed E-state index contributed by atoms with van der Waals surface area (Å²) in [5.74, 6) is 2.08. The van der Waals surface area contributed by atoms with E-state index in [2.05, 4.69) is 4.57 Å². The average Bonchev–Trinajstić information content (AvgIpc) is 3.36. The van der Waals surface area contributed by atoms with Crippen molar-refractivity contribution in [3.63, 3.8) is 0 Å². The van der Waals surface area contributed by atoms with Crippen LogP contribution in [-0.4, -0.2) is 40.2 Å². The van der Waals surface area contributed by atoms with Crippen molar-refractivity contribution in [3.8, 4) is 22.9 Å². The highest BCUT2D eigenvalue weighted by atomic mass is 19.1. The first-order valence-electron chi connectivity index (χ1n) is 9.99. The van der Waals surface area contributed by atoms with E-state index in [1.807, 2.05) is 30.0 Å². The first-order chi connectivity index (χ1) is 14.1. The molecule has 1 fully saturated rings. The lowest BCUT2D eigenvalue weighted by Crippen LogP contribution is -2.38. The zero-order valence-corrected chi connectivity index (χ0v) is 16.2. The van der Waals surface area contributed by atoms with Crippen molar-refractivity contribution < 1.29 is 18.7 Å². The van der Waals surface area contributed by atoms with Crippen LogP contribution in [-0.2, 0) is 4.79 Å². The number of benzene rings is 2.